The van der Waals surface area contributed by atoms with Crippen LogP contribution in [0.1, 0.15) is 18.3 Å². The Bertz CT molecular complexity index is 613. The Kier molecular flexibility index (Phi) is 4.28. The number of nitrogens with zero attached hydrogens (tertiary/aromatic N) is 5. The standard InChI is InChI=1S/C10H10F6N6/c11-7(12)1-6(22-2-5(17)8(13)20-22)9-19-18-4-21(9)3-10(14,15)16/h2,4,6-7H,1,3,17H2/t6-/m0/s1. The number of halogens is 6. The molecule has 0 amide bonds. The van der Waals surface area contributed by atoms with Gasteiger partial charge in [0.25, 0.3) is 5.95 Å². The van der Waals surface area contributed by atoms with Crippen molar-refractivity contribution in [3.8, 4) is 0 Å². The molecule has 0 radical (unpaired) electrons. The number of nitrogens with two attached hydrogens (primary N) is 1. The summed E-state index contributed by atoms with van der Waals surface area (Å²) >= 11 is 0. The highest BCUT2D eigenvalue weighted by molar-refractivity contribution is 5.33. The summed E-state index contributed by atoms with van der Waals surface area (Å²) in [5, 5.41) is 10.0. The summed E-state index contributed by atoms with van der Waals surface area (Å²) in [4.78, 5) is 0. The summed E-state index contributed by atoms with van der Waals surface area (Å²) < 4.78 is 77.3. The van der Waals surface area contributed by atoms with Crippen molar-refractivity contribution in [1.82, 2.24) is 24.5 Å². The van der Waals surface area contributed by atoms with E-state index in [1.165, 1.54) is 0 Å². The van der Waals surface area contributed by atoms with Crippen LogP contribution in [0.4, 0.5) is 32.0 Å². The Morgan fingerprint density at radius 3 is 2.45 bits per heavy atom. The fourth-order valence-electron chi connectivity index (χ4n) is 1.88. The van der Waals surface area contributed by atoms with Crippen molar-refractivity contribution in [1.29, 1.82) is 0 Å². The first kappa shape index (κ1) is 16.1. The molecule has 0 fully saturated rings. The van der Waals surface area contributed by atoms with Crippen LogP contribution in [0.25, 0.3) is 0 Å². The van der Waals surface area contributed by atoms with Crippen LogP contribution in [-0.2, 0) is 6.54 Å². The van der Waals surface area contributed by atoms with E-state index in [4.69, 9.17) is 5.73 Å². The van der Waals surface area contributed by atoms with Gasteiger partial charge >= 0.3 is 6.18 Å². The third kappa shape index (κ3) is 3.68. The number of anilines is 1. The Hall–Kier alpha value is -2.27. The fourth-order valence-corrected chi connectivity index (χ4v) is 1.88. The summed E-state index contributed by atoms with van der Waals surface area (Å²) in [6.07, 6.45) is -6.73. The predicted octanol–water partition coefficient (Wildman–Crippen LogP) is 2.00. The highest BCUT2D eigenvalue weighted by Crippen LogP contribution is 2.27. The lowest BCUT2D eigenvalue weighted by Crippen LogP contribution is -2.24. The van der Waals surface area contributed by atoms with Crippen molar-refractivity contribution in [3.63, 3.8) is 0 Å². The molecule has 2 rings (SSSR count). The van der Waals surface area contributed by atoms with Gasteiger partial charge < -0.3 is 10.3 Å². The van der Waals surface area contributed by atoms with Crippen LogP contribution in [0.2, 0.25) is 0 Å². The molecule has 2 N–H and O–H groups in total. The van der Waals surface area contributed by atoms with Gasteiger partial charge in [-0.3, -0.25) is 4.68 Å². The second-order valence-electron chi connectivity index (χ2n) is 4.43. The average molecular weight is 328 g/mol. The Balaban J connectivity index is 2.40. The number of aromatic nitrogens is 5. The first-order chi connectivity index (χ1) is 10.2. The molecule has 12 heteroatoms. The molecule has 2 aromatic heterocycles. The molecule has 2 heterocycles. The molecule has 2 aromatic rings. The molecule has 0 unspecified atom stereocenters. The molecular formula is C10H10F6N6. The molecule has 6 nitrogen and oxygen atoms in total. The second-order valence-corrected chi connectivity index (χ2v) is 4.43. The number of rotatable bonds is 5. The summed E-state index contributed by atoms with van der Waals surface area (Å²) in [7, 11) is 0. The van der Waals surface area contributed by atoms with Crippen LogP contribution in [-0.4, -0.2) is 37.1 Å². The topological polar surface area (TPSA) is 74.6 Å². The summed E-state index contributed by atoms with van der Waals surface area (Å²) in [6.45, 7) is -1.46. The summed E-state index contributed by atoms with van der Waals surface area (Å²) in [5.74, 6) is -1.53. The smallest absolute Gasteiger partial charge is 0.394 e. The summed E-state index contributed by atoms with van der Waals surface area (Å²) in [5.41, 5.74) is 4.82. The van der Waals surface area contributed by atoms with E-state index in [9.17, 15) is 26.3 Å². The Morgan fingerprint density at radius 2 is 1.95 bits per heavy atom. The molecule has 0 aromatic carbocycles. The quantitative estimate of drug-likeness (QED) is 0.852. The van der Waals surface area contributed by atoms with Crippen LogP contribution in [0, 0.1) is 5.95 Å². The van der Waals surface area contributed by atoms with Gasteiger partial charge in [-0.2, -0.15) is 17.6 Å². The van der Waals surface area contributed by atoms with Crippen LogP contribution in [0.3, 0.4) is 0 Å². The van der Waals surface area contributed by atoms with Gasteiger partial charge in [0.15, 0.2) is 5.82 Å². The first-order valence-electron chi connectivity index (χ1n) is 5.90. The molecule has 0 saturated heterocycles. The van der Waals surface area contributed by atoms with Crippen molar-refractivity contribution in [2.24, 2.45) is 0 Å². The lowest BCUT2D eigenvalue weighted by molar-refractivity contribution is -0.141. The van der Waals surface area contributed by atoms with Gasteiger partial charge in [0.05, 0.1) is 6.20 Å². The predicted molar refractivity (Wildman–Crippen MR) is 61.4 cm³/mol. The maximum Gasteiger partial charge on any atom is 0.406 e. The number of hydrogen-bond donors (Lipinski definition) is 1. The highest BCUT2D eigenvalue weighted by atomic mass is 19.4. The summed E-state index contributed by atoms with van der Waals surface area (Å²) in [6, 6.07) is -1.43. The van der Waals surface area contributed by atoms with Gasteiger partial charge in [-0.05, 0) is 0 Å². The van der Waals surface area contributed by atoms with Crippen molar-refractivity contribution in [3.05, 3.63) is 24.3 Å². The molecule has 0 aliphatic heterocycles. The maximum atomic E-state index is 13.2. The molecule has 0 aliphatic carbocycles. The fraction of sp³-hybridized carbons (Fsp3) is 0.500. The van der Waals surface area contributed by atoms with E-state index in [1.54, 1.807) is 0 Å². The molecule has 0 aliphatic rings. The Labute approximate surface area is 119 Å². The lowest BCUT2D eigenvalue weighted by atomic mass is 10.2. The zero-order chi connectivity index (χ0) is 16.5. The minimum atomic E-state index is -4.60. The molecule has 22 heavy (non-hydrogen) atoms. The largest absolute Gasteiger partial charge is 0.406 e. The van der Waals surface area contributed by atoms with Gasteiger partial charge in [0.2, 0.25) is 6.43 Å². The zero-order valence-electron chi connectivity index (χ0n) is 10.8. The van der Waals surface area contributed by atoms with E-state index in [2.05, 4.69) is 15.3 Å². The molecule has 122 valence electrons. The van der Waals surface area contributed by atoms with Crippen LogP contribution in [0.15, 0.2) is 12.5 Å². The van der Waals surface area contributed by atoms with Gasteiger partial charge in [0, 0.05) is 6.42 Å². The van der Waals surface area contributed by atoms with Gasteiger partial charge in [0.1, 0.15) is 24.6 Å². The number of hydrogen-bond acceptors (Lipinski definition) is 4. The normalized spacial score (nSPS) is 13.8. The monoisotopic (exact) mass is 328 g/mol. The van der Waals surface area contributed by atoms with Gasteiger partial charge in [-0.1, -0.05) is 0 Å². The van der Waals surface area contributed by atoms with Crippen LogP contribution in [0.5, 0.6) is 0 Å². The molecular weight excluding hydrogens is 318 g/mol. The molecule has 0 spiro atoms. The van der Waals surface area contributed by atoms with E-state index in [0.717, 1.165) is 12.5 Å². The highest BCUT2D eigenvalue weighted by Gasteiger charge is 2.32. The van der Waals surface area contributed by atoms with E-state index in [-0.39, 0.29) is 0 Å². The number of alkyl halides is 5. The SMILES string of the molecule is Nc1cn([C@@H](CC(F)F)c2nncn2CC(F)(F)F)nc1F. The molecule has 0 bridgehead atoms. The van der Waals surface area contributed by atoms with E-state index in [1.807, 2.05) is 0 Å². The Morgan fingerprint density at radius 1 is 1.27 bits per heavy atom. The van der Waals surface area contributed by atoms with Crippen molar-refractivity contribution in [2.75, 3.05) is 5.73 Å². The zero-order valence-corrected chi connectivity index (χ0v) is 10.8. The molecule has 1 atom stereocenters. The van der Waals surface area contributed by atoms with Gasteiger partial charge in [-0.25, -0.2) is 8.78 Å². The van der Waals surface area contributed by atoms with Crippen molar-refractivity contribution < 1.29 is 26.3 Å². The van der Waals surface area contributed by atoms with Gasteiger partial charge in [-0.15, -0.1) is 15.3 Å². The average Bonchev–Trinajstić information content (AvgIpc) is 2.92. The second kappa shape index (κ2) is 5.85. The molecule has 0 saturated carbocycles. The third-order valence-corrected chi connectivity index (χ3v) is 2.73. The van der Waals surface area contributed by atoms with E-state index < -0.39 is 49.1 Å². The van der Waals surface area contributed by atoms with E-state index >= 15 is 0 Å². The maximum absolute atomic E-state index is 13.2. The van der Waals surface area contributed by atoms with Crippen molar-refractivity contribution in [2.45, 2.75) is 31.6 Å². The van der Waals surface area contributed by atoms with E-state index in [0.29, 0.717) is 9.25 Å². The third-order valence-electron chi connectivity index (χ3n) is 2.73. The minimum Gasteiger partial charge on any atom is -0.394 e. The first-order valence-corrected chi connectivity index (χ1v) is 5.90. The minimum absolute atomic E-state index is 0.416. The van der Waals surface area contributed by atoms with Crippen molar-refractivity contribution >= 4 is 5.69 Å². The lowest BCUT2D eigenvalue weighted by Gasteiger charge is -2.18. The number of nitrogen functional groups attached to an aromatic ring is 1. The van der Waals surface area contributed by atoms with Crippen LogP contribution >= 0.6 is 0 Å². The van der Waals surface area contributed by atoms with Crippen LogP contribution < -0.4 is 5.73 Å².